The number of pyridine rings is 1. The Morgan fingerprint density at radius 3 is 2.54 bits per heavy atom. The number of aliphatic carboxylic acids is 1. The number of halogens is 2. The van der Waals surface area contributed by atoms with Gasteiger partial charge in [-0.1, -0.05) is 54.1 Å². The highest BCUT2D eigenvalue weighted by molar-refractivity contribution is 9.10. The van der Waals surface area contributed by atoms with E-state index >= 15 is 0 Å². The monoisotopic (exact) mass is 734 g/mol. The van der Waals surface area contributed by atoms with Crippen LogP contribution in [0.3, 0.4) is 0 Å². The van der Waals surface area contributed by atoms with Crippen molar-refractivity contribution in [2.75, 3.05) is 33.9 Å². The minimum atomic E-state index is -1.51. The van der Waals surface area contributed by atoms with Crippen molar-refractivity contribution in [3.63, 3.8) is 0 Å². The molecule has 0 saturated carbocycles. The lowest BCUT2D eigenvalue weighted by Crippen LogP contribution is -2.52. The molecule has 0 fully saturated rings. The maximum atomic E-state index is 11.6. The standard InChI is InChI=1S/C36H36BrClN4O6/c1-36(19-43,35(44)45)41-18-21-16-28(37)34(42-33(21)47-3)48-29-13-12-24-23(7-5-8-25(24)29)26-9-4-6-22(31(26)38)20-10-11-27(30(17-20)46-2)32-39-14-15-40-32/h4-11,16-17,29,41,43H,12-15,18-19H2,1-3H3,(H,39,40)(H,44,45)/t29-,36?/m0/s1. The Kier molecular flexibility index (Phi) is 9.93. The van der Waals surface area contributed by atoms with E-state index in [1.807, 2.05) is 42.5 Å². The Morgan fingerprint density at radius 2 is 1.83 bits per heavy atom. The molecule has 48 heavy (non-hydrogen) atoms. The molecule has 4 aromatic rings. The van der Waals surface area contributed by atoms with Gasteiger partial charge in [-0.3, -0.25) is 15.1 Å². The molecule has 1 unspecified atom stereocenters. The summed E-state index contributed by atoms with van der Waals surface area (Å²) in [6.07, 6.45) is 1.28. The normalized spacial score (nSPS) is 16.5. The third kappa shape index (κ3) is 6.47. The van der Waals surface area contributed by atoms with E-state index in [9.17, 15) is 15.0 Å². The summed E-state index contributed by atoms with van der Waals surface area (Å²) < 4.78 is 18.3. The van der Waals surface area contributed by atoms with Crippen molar-refractivity contribution in [3.8, 4) is 39.8 Å². The van der Waals surface area contributed by atoms with E-state index in [1.54, 1.807) is 13.2 Å². The SMILES string of the molecule is COc1cc(-c2cccc(-c3cccc4c3CC[C@@H]4Oc3nc(OC)c(CNC(C)(CO)C(=O)O)cc3Br)c2Cl)ccc1C1=NCCN1. The molecule has 1 aliphatic heterocycles. The smallest absolute Gasteiger partial charge is 0.326 e. The first-order valence-electron chi connectivity index (χ1n) is 15.5. The third-order valence-corrected chi connectivity index (χ3v) is 9.81. The van der Waals surface area contributed by atoms with Gasteiger partial charge in [0.05, 0.1) is 42.4 Å². The molecule has 1 aromatic heterocycles. The molecule has 0 saturated heterocycles. The van der Waals surface area contributed by atoms with Crippen LogP contribution in [0.1, 0.15) is 41.7 Å². The molecule has 2 atom stereocenters. The number of ether oxygens (including phenoxy) is 3. The van der Waals surface area contributed by atoms with Crippen molar-refractivity contribution in [3.05, 3.63) is 92.4 Å². The number of aliphatic hydroxyl groups is 1. The van der Waals surface area contributed by atoms with Gasteiger partial charge in [0.25, 0.3) is 0 Å². The zero-order valence-corrected chi connectivity index (χ0v) is 29.1. The van der Waals surface area contributed by atoms with Crippen LogP contribution in [-0.4, -0.2) is 66.5 Å². The van der Waals surface area contributed by atoms with Gasteiger partial charge in [0, 0.05) is 29.8 Å². The highest BCUT2D eigenvalue weighted by atomic mass is 79.9. The van der Waals surface area contributed by atoms with Crippen LogP contribution < -0.4 is 24.8 Å². The minimum Gasteiger partial charge on any atom is -0.496 e. The highest BCUT2D eigenvalue weighted by Gasteiger charge is 2.33. The number of nitrogens with zero attached hydrogens (tertiary/aromatic N) is 2. The second kappa shape index (κ2) is 14.1. The third-order valence-electron chi connectivity index (χ3n) is 8.83. The van der Waals surface area contributed by atoms with Crippen molar-refractivity contribution in [1.82, 2.24) is 15.6 Å². The van der Waals surface area contributed by atoms with Crippen molar-refractivity contribution in [1.29, 1.82) is 0 Å². The van der Waals surface area contributed by atoms with Gasteiger partial charge < -0.3 is 29.7 Å². The fourth-order valence-corrected chi connectivity index (χ4v) is 6.89. The van der Waals surface area contributed by atoms with Crippen LogP contribution in [0.4, 0.5) is 0 Å². The number of hydrogen-bond acceptors (Lipinski definition) is 9. The number of carbonyl (C=O) groups is 1. The molecular weight excluding hydrogens is 700 g/mol. The van der Waals surface area contributed by atoms with E-state index in [0.29, 0.717) is 26.8 Å². The van der Waals surface area contributed by atoms with E-state index in [-0.39, 0.29) is 12.6 Å². The van der Waals surface area contributed by atoms with Crippen LogP contribution in [-0.2, 0) is 17.8 Å². The minimum absolute atomic E-state index is 0.108. The van der Waals surface area contributed by atoms with E-state index in [1.165, 1.54) is 19.6 Å². The molecule has 4 N–H and O–H groups in total. The summed E-state index contributed by atoms with van der Waals surface area (Å²) in [5, 5.41) is 25.9. The quantitative estimate of drug-likeness (QED) is 0.134. The van der Waals surface area contributed by atoms with Gasteiger partial charge in [0.2, 0.25) is 11.8 Å². The predicted octanol–water partition coefficient (Wildman–Crippen LogP) is 6.19. The van der Waals surface area contributed by atoms with Gasteiger partial charge in [0.15, 0.2) is 0 Å². The van der Waals surface area contributed by atoms with Crippen LogP contribution in [0, 0.1) is 0 Å². The molecule has 0 amide bonds. The molecule has 1 aliphatic carbocycles. The zero-order chi connectivity index (χ0) is 34.0. The number of aliphatic imine (C=N–C) groups is 1. The molecule has 3 aromatic carbocycles. The summed E-state index contributed by atoms with van der Waals surface area (Å²) in [6, 6.07) is 20.1. The molecule has 250 valence electrons. The number of hydrogen-bond donors (Lipinski definition) is 4. The van der Waals surface area contributed by atoms with Crippen molar-refractivity contribution in [2.45, 2.75) is 38.0 Å². The largest absolute Gasteiger partial charge is 0.496 e. The number of carboxylic acid groups (broad SMARTS) is 1. The number of rotatable bonds is 12. The van der Waals surface area contributed by atoms with Gasteiger partial charge in [0.1, 0.15) is 23.2 Å². The van der Waals surface area contributed by atoms with Crippen molar-refractivity contribution < 1.29 is 29.2 Å². The first kappa shape index (κ1) is 33.7. The number of fused-ring (bicyclic) bond motifs is 1. The van der Waals surface area contributed by atoms with Gasteiger partial charge in [-0.25, -0.2) is 0 Å². The summed E-state index contributed by atoms with van der Waals surface area (Å²) in [5.41, 5.74) is 6.08. The number of methoxy groups -OCH3 is 2. The molecule has 6 rings (SSSR count). The maximum Gasteiger partial charge on any atom is 0.326 e. The number of benzene rings is 3. The molecule has 2 aliphatic rings. The Morgan fingerprint density at radius 1 is 1.06 bits per heavy atom. The maximum absolute atomic E-state index is 11.6. The summed E-state index contributed by atoms with van der Waals surface area (Å²) >= 11 is 10.7. The Hall–Kier alpha value is -4.16. The molecule has 0 radical (unpaired) electrons. The molecule has 10 nitrogen and oxygen atoms in total. The van der Waals surface area contributed by atoms with Gasteiger partial charge in [-0.15, -0.1) is 0 Å². The highest BCUT2D eigenvalue weighted by Crippen LogP contribution is 2.45. The summed E-state index contributed by atoms with van der Waals surface area (Å²) in [6.45, 7) is 2.51. The first-order chi connectivity index (χ1) is 23.2. The predicted molar refractivity (Wildman–Crippen MR) is 188 cm³/mol. The lowest BCUT2D eigenvalue weighted by atomic mass is 9.93. The van der Waals surface area contributed by atoms with E-state index in [0.717, 1.165) is 70.9 Å². The molecule has 0 spiro atoms. The number of aromatic nitrogens is 1. The molecular formula is C36H36BrClN4O6. The first-order valence-corrected chi connectivity index (χ1v) is 16.7. The average molecular weight is 736 g/mol. The van der Waals surface area contributed by atoms with Crippen LogP contribution in [0.15, 0.2) is 70.1 Å². The van der Waals surface area contributed by atoms with Crippen LogP contribution in [0.25, 0.3) is 22.3 Å². The fourth-order valence-electron chi connectivity index (χ4n) is 6.09. The molecule has 0 bridgehead atoms. The van der Waals surface area contributed by atoms with Crippen LogP contribution in [0.5, 0.6) is 17.5 Å². The second-order valence-corrected chi connectivity index (χ2v) is 13.1. The van der Waals surface area contributed by atoms with Gasteiger partial charge in [-0.05, 0) is 76.1 Å². The summed E-state index contributed by atoms with van der Waals surface area (Å²) in [5.74, 6) is 1.06. The van der Waals surface area contributed by atoms with E-state index in [4.69, 9.17) is 25.8 Å². The number of nitrogens with one attached hydrogen (secondary N) is 2. The number of amidine groups is 1. The number of carboxylic acids is 1. The van der Waals surface area contributed by atoms with Crippen LogP contribution >= 0.6 is 27.5 Å². The summed E-state index contributed by atoms with van der Waals surface area (Å²) in [7, 11) is 3.15. The van der Waals surface area contributed by atoms with Gasteiger partial charge >= 0.3 is 5.97 Å². The summed E-state index contributed by atoms with van der Waals surface area (Å²) in [4.78, 5) is 20.8. The van der Waals surface area contributed by atoms with E-state index < -0.39 is 18.1 Å². The molecule has 12 heteroatoms. The zero-order valence-electron chi connectivity index (χ0n) is 26.8. The average Bonchev–Trinajstić information content (AvgIpc) is 3.79. The van der Waals surface area contributed by atoms with Crippen molar-refractivity contribution in [2.24, 2.45) is 4.99 Å². The molecule has 2 heterocycles. The van der Waals surface area contributed by atoms with Crippen LogP contribution in [0.2, 0.25) is 5.02 Å². The lowest BCUT2D eigenvalue weighted by Gasteiger charge is -2.24. The van der Waals surface area contributed by atoms with Gasteiger partial charge in [-0.2, -0.15) is 4.98 Å². The fraction of sp³-hybridized carbons (Fsp3) is 0.306. The second-order valence-electron chi connectivity index (χ2n) is 11.9. The van der Waals surface area contributed by atoms with E-state index in [2.05, 4.69) is 48.7 Å². The number of aliphatic hydroxyl groups excluding tert-OH is 1. The lowest BCUT2D eigenvalue weighted by molar-refractivity contribution is -0.145. The Bertz CT molecular complexity index is 1900. The van der Waals surface area contributed by atoms with Crippen molar-refractivity contribution >= 4 is 39.3 Å². The topological polar surface area (TPSA) is 135 Å². The Labute approximate surface area is 292 Å². The Balaban J connectivity index is 1.27.